The SMILES string of the molecule is CC[C@@H]1CC(=O)N(Cc2c(F)cc(Cl)cc2Oc2ccc(-c3cnc(CCC(C)(C)C)n3C)cc2)[C@@H](C)C(=O)C[C@@H](COC)C(=O)N(C)[C@@]2(Cc3ccc(Cl)cc3)CCCN(C2)C1=O. The van der Waals surface area contributed by atoms with E-state index in [0.29, 0.717) is 43.0 Å². The highest BCUT2D eigenvalue weighted by molar-refractivity contribution is 6.31. The molecule has 0 radical (unpaired) electrons. The van der Waals surface area contributed by atoms with Crippen LogP contribution in [0.25, 0.3) is 11.3 Å². The zero-order valence-electron chi connectivity index (χ0n) is 38.4. The molecule has 4 atom stereocenters. The number of Topliss-reactive ketones (excluding diaryl/α,β-unsaturated/α-hetero) is 1. The molecule has 2 fully saturated rings. The zero-order chi connectivity index (χ0) is 46.5. The number of methoxy groups -OCH3 is 1. The van der Waals surface area contributed by atoms with Crippen LogP contribution in [-0.4, -0.2) is 93.2 Å². The fourth-order valence-electron chi connectivity index (χ4n) is 9.02. The van der Waals surface area contributed by atoms with E-state index < -0.39 is 40.9 Å². The number of rotatable bonds is 12. The predicted molar refractivity (Wildman–Crippen MR) is 248 cm³/mol. The van der Waals surface area contributed by atoms with E-state index in [0.717, 1.165) is 41.6 Å². The highest BCUT2D eigenvalue weighted by atomic mass is 35.5. The molecule has 3 aromatic carbocycles. The van der Waals surface area contributed by atoms with Crippen LogP contribution in [-0.2, 0) is 50.3 Å². The number of ketones is 1. The van der Waals surface area contributed by atoms with Crippen molar-refractivity contribution in [1.82, 2.24) is 24.3 Å². The van der Waals surface area contributed by atoms with Gasteiger partial charge in [-0.15, -0.1) is 0 Å². The number of aromatic nitrogens is 2. The largest absolute Gasteiger partial charge is 0.457 e. The summed E-state index contributed by atoms with van der Waals surface area (Å²) in [6.45, 7) is 10.3. The number of piperidine rings is 1. The molecule has 0 aliphatic carbocycles. The summed E-state index contributed by atoms with van der Waals surface area (Å²) in [5, 5.41) is 0.668. The number of ether oxygens (including phenoxy) is 2. The van der Waals surface area contributed by atoms with Crippen LogP contribution in [0.15, 0.2) is 66.9 Å². The monoisotopic (exact) mass is 917 g/mol. The van der Waals surface area contributed by atoms with Crippen molar-refractivity contribution >= 4 is 46.7 Å². The van der Waals surface area contributed by atoms with Crippen LogP contribution in [0.3, 0.4) is 0 Å². The summed E-state index contributed by atoms with van der Waals surface area (Å²) in [6.07, 6.45) is 5.31. The van der Waals surface area contributed by atoms with Crippen molar-refractivity contribution in [3.05, 3.63) is 99.7 Å². The highest BCUT2D eigenvalue weighted by Crippen LogP contribution is 2.37. The number of hydrogen-bond acceptors (Lipinski definition) is 7. The average Bonchev–Trinajstić information content (AvgIpc) is 3.63. The average molecular weight is 919 g/mol. The van der Waals surface area contributed by atoms with E-state index in [2.05, 4.69) is 30.3 Å². The van der Waals surface area contributed by atoms with Crippen molar-refractivity contribution in [2.45, 2.75) is 104 Å². The Balaban J connectivity index is 1.31. The second kappa shape index (κ2) is 20.6. The molecule has 4 aromatic rings. The number of likely N-dealkylation sites (N-methyl/N-ethyl adjacent to an activating group) is 1. The van der Waals surface area contributed by atoms with Crippen LogP contribution < -0.4 is 4.74 Å². The first-order chi connectivity index (χ1) is 30.3. The number of halogens is 3. The fraction of sp³-hybridized carbons (Fsp3) is 0.500. The van der Waals surface area contributed by atoms with E-state index in [1.807, 2.05) is 44.4 Å². The maximum atomic E-state index is 16.2. The normalized spacial score (nSPS) is 21.7. The van der Waals surface area contributed by atoms with Crippen molar-refractivity contribution in [3.63, 3.8) is 0 Å². The molecule has 11 nitrogen and oxygen atoms in total. The van der Waals surface area contributed by atoms with E-state index in [4.69, 9.17) is 32.7 Å². The molecule has 344 valence electrons. The molecule has 0 saturated carbocycles. The van der Waals surface area contributed by atoms with Gasteiger partial charge in [-0.2, -0.15) is 0 Å². The molecule has 2 aliphatic heterocycles. The van der Waals surface area contributed by atoms with E-state index in [-0.39, 0.29) is 66.1 Å². The number of nitrogens with zero attached hydrogens (tertiary/aromatic N) is 5. The highest BCUT2D eigenvalue weighted by Gasteiger charge is 2.46. The van der Waals surface area contributed by atoms with Gasteiger partial charge in [-0.25, -0.2) is 9.37 Å². The Hall–Kier alpha value is -4.78. The fourth-order valence-corrected chi connectivity index (χ4v) is 9.34. The molecule has 64 heavy (non-hydrogen) atoms. The maximum absolute atomic E-state index is 16.2. The molecule has 0 spiro atoms. The number of imidazole rings is 1. The molecule has 1 aromatic heterocycles. The maximum Gasteiger partial charge on any atom is 0.228 e. The van der Waals surface area contributed by atoms with Crippen molar-refractivity contribution in [2.24, 2.45) is 24.3 Å². The number of amides is 3. The molecule has 2 aliphatic rings. The lowest BCUT2D eigenvalue weighted by Crippen LogP contribution is -2.63. The molecule has 0 N–H and O–H groups in total. The summed E-state index contributed by atoms with van der Waals surface area (Å²) in [7, 11) is 5.21. The molecule has 3 amide bonds. The lowest BCUT2D eigenvalue weighted by molar-refractivity contribution is -0.154. The minimum absolute atomic E-state index is 0.00403. The second-order valence-electron chi connectivity index (χ2n) is 18.8. The van der Waals surface area contributed by atoms with Gasteiger partial charge < -0.3 is 28.7 Å². The molecule has 6 rings (SSSR count). The summed E-state index contributed by atoms with van der Waals surface area (Å²) in [5.74, 6) is -2.32. The van der Waals surface area contributed by atoms with E-state index >= 15 is 4.39 Å². The third-order valence-electron chi connectivity index (χ3n) is 13.0. The smallest absolute Gasteiger partial charge is 0.228 e. The number of fused-ring (bicyclic) bond motifs is 2. The standard InChI is InChI=1S/C50H62Cl2FN5O6/c1-9-34-24-46(60)58(29-40-41(53)25-38(52)26-44(40)64-39-17-13-35(14-18-39)42-28-54-45(55(42)6)19-21-49(3,4)5)32(2)43(59)23-36(30-63-8)47(61)56(7)50(20-10-22-57(31-50)48(34)62)27-33-11-15-37(51)16-12-33/h11-18,25-26,28,32,34,36H,9-10,19-24,27,29-31H2,1-8H3/t32-,34+,36-,50+/m0/s1. The molecular formula is C50H62Cl2FN5O6. The van der Waals surface area contributed by atoms with Crippen LogP contribution in [0, 0.1) is 23.1 Å². The summed E-state index contributed by atoms with van der Waals surface area (Å²) < 4.78 is 30.1. The van der Waals surface area contributed by atoms with Gasteiger partial charge in [0.25, 0.3) is 0 Å². The molecule has 0 unspecified atom stereocenters. The van der Waals surface area contributed by atoms with E-state index in [1.54, 1.807) is 48.0 Å². The number of benzene rings is 3. The Kier molecular flexibility index (Phi) is 15.7. The summed E-state index contributed by atoms with van der Waals surface area (Å²) in [4.78, 5) is 67.6. The summed E-state index contributed by atoms with van der Waals surface area (Å²) >= 11 is 12.6. The van der Waals surface area contributed by atoms with Gasteiger partial charge in [0.2, 0.25) is 17.7 Å². The molecule has 14 heteroatoms. The van der Waals surface area contributed by atoms with Gasteiger partial charge in [0, 0.05) is 80.6 Å². The third-order valence-corrected chi connectivity index (χ3v) is 13.5. The first-order valence-electron chi connectivity index (χ1n) is 22.2. The van der Waals surface area contributed by atoms with Crippen LogP contribution in [0.1, 0.15) is 90.1 Å². The Labute approximate surface area is 387 Å². The van der Waals surface area contributed by atoms with Crippen molar-refractivity contribution in [2.75, 3.05) is 33.9 Å². The Morgan fingerprint density at radius 3 is 2.28 bits per heavy atom. The number of carbonyl (C=O) groups excluding carboxylic acids is 4. The van der Waals surface area contributed by atoms with Crippen LogP contribution in [0.2, 0.25) is 10.0 Å². The molecule has 3 heterocycles. The number of hydrogen-bond donors (Lipinski definition) is 0. The summed E-state index contributed by atoms with van der Waals surface area (Å²) in [6, 6.07) is 16.3. The number of carbonyl (C=O) groups is 4. The van der Waals surface area contributed by atoms with Gasteiger partial charge in [0.15, 0.2) is 5.78 Å². The van der Waals surface area contributed by atoms with Gasteiger partial charge in [0.05, 0.1) is 42.5 Å². The van der Waals surface area contributed by atoms with Crippen molar-refractivity contribution in [1.29, 1.82) is 0 Å². The lowest BCUT2D eigenvalue weighted by atomic mass is 9.80. The summed E-state index contributed by atoms with van der Waals surface area (Å²) in [5.41, 5.74) is 2.19. The molecule has 2 bridgehead atoms. The predicted octanol–water partition coefficient (Wildman–Crippen LogP) is 9.74. The minimum Gasteiger partial charge on any atom is -0.457 e. The zero-order valence-corrected chi connectivity index (χ0v) is 39.9. The van der Waals surface area contributed by atoms with Crippen molar-refractivity contribution in [3.8, 4) is 22.8 Å². The quantitative estimate of drug-likeness (QED) is 0.139. The van der Waals surface area contributed by atoms with Gasteiger partial charge in [0.1, 0.15) is 23.1 Å². The number of aryl methyl sites for hydroxylation is 1. The first kappa shape index (κ1) is 48.7. The first-order valence-corrected chi connectivity index (χ1v) is 23.0. The van der Waals surface area contributed by atoms with Gasteiger partial charge >= 0.3 is 0 Å². The Morgan fingerprint density at radius 1 is 0.922 bits per heavy atom. The second-order valence-corrected chi connectivity index (χ2v) is 19.7. The van der Waals surface area contributed by atoms with Crippen LogP contribution in [0.5, 0.6) is 11.5 Å². The van der Waals surface area contributed by atoms with Gasteiger partial charge in [-0.3, -0.25) is 19.2 Å². The third kappa shape index (κ3) is 11.4. The van der Waals surface area contributed by atoms with Crippen LogP contribution in [0.4, 0.5) is 4.39 Å². The van der Waals surface area contributed by atoms with E-state index in [9.17, 15) is 19.2 Å². The van der Waals surface area contributed by atoms with Crippen LogP contribution >= 0.6 is 23.2 Å². The van der Waals surface area contributed by atoms with Crippen molar-refractivity contribution < 1.29 is 33.0 Å². The van der Waals surface area contributed by atoms with Gasteiger partial charge in [-0.1, -0.05) is 63.0 Å². The molecule has 2 saturated heterocycles. The topological polar surface area (TPSA) is 114 Å². The Morgan fingerprint density at radius 2 is 1.62 bits per heavy atom. The lowest BCUT2D eigenvalue weighted by Gasteiger charge is -2.50. The minimum atomic E-state index is -1.11. The molecular weight excluding hydrogens is 856 g/mol. The van der Waals surface area contributed by atoms with Gasteiger partial charge in [-0.05, 0) is 98.5 Å². The van der Waals surface area contributed by atoms with E-state index in [1.165, 1.54) is 18.1 Å². The Bertz CT molecular complexity index is 2310.